The van der Waals surface area contributed by atoms with Gasteiger partial charge in [-0.3, -0.25) is 0 Å². The summed E-state index contributed by atoms with van der Waals surface area (Å²) in [7, 11) is 0. The maximum absolute atomic E-state index is 11.2. The predicted octanol–water partition coefficient (Wildman–Crippen LogP) is 0.935. The number of benzene rings is 1. The van der Waals surface area contributed by atoms with E-state index in [0.29, 0.717) is 5.75 Å². The topological polar surface area (TPSA) is 110 Å². The van der Waals surface area contributed by atoms with Crippen molar-refractivity contribution in [1.29, 1.82) is 0 Å². The van der Waals surface area contributed by atoms with Gasteiger partial charge in [-0.2, -0.15) is 13.2 Å². The molecule has 118 valence electrons. The molecule has 6 nitrogen and oxygen atoms in total. The van der Waals surface area contributed by atoms with Gasteiger partial charge in [0.2, 0.25) is 0 Å². The highest BCUT2D eigenvalue weighted by Crippen LogP contribution is 2.13. The molecule has 0 saturated heterocycles. The minimum absolute atomic E-state index is 0.214. The Balaban J connectivity index is 0.000000486. The molecule has 1 aromatic rings. The van der Waals surface area contributed by atoms with Gasteiger partial charge in [-0.05, 0) is 25.1 Å². The lowest BCUT2D eigenvalue weighted by atomic mass is 10.2. The molecule has 4 N–H and O–H groups in total. The largest absolute Gasteiger partial charge is 0.490 e. The second-order valence-electron chi connectivity index (χ2n) is 3.63. The lowest BCUT2D eigenvalue weighted by molar-refractivity contribution is -0.192. The molecule has 1 rings (SSSR count). The zero-order valence-corrected chi connectivity index (χ0v) is 10.7. The van der Waals surface area contributed by atoms with Crippen LogP contribution in [0.5, 0.6) is 5.75 Å². The molecule has 1 atom stereocenters. The molecule has 0 aromatic heterocycles. The zero-order valence-electron chi connectivity index (χ0n) is 10.7. The highest BCUT2D eigenvalue weighted by Gasteiger charge is 2.38. The fraction of sp³-hybridized carbons (Fsp3) is 0.333. The van der Waals surface area contributed by atoms with E-state index in [4.69, 9.17) is 20.4 Å². The fourth-order valence-electron chi connectivity index (χ4n) is 0.948. The molecular formula is C12H14F3NO5. The smallest absolute Gasteiger partial charge is 0.475 e. The lowest BCUT2D eigenvalue weighted by Gasteiger charge is -2.08. The summed E-state index contributed by atoms with van der Waals surface area (Å²) >= 11 is 0. The van der Waals surface area contributed by atoms with Gasteiger partial charge in [0.1, 0.15) is 5.75 Å². The van der Waals surface area contributed by atoms with Crippen LogP contribution in [0.3, 0.4) is 0 Å². The molecule has 0 aliphatic carbocycles. The molecule has 0 heterocycles. The van der Waals surface area contributed by atoms with Crippen molar-refractivity contribution in [2.45, 2.75) is 18.7 Å². The van der Waals surface area contributed by atoms with Crippen LogP contribution >= 0.6 is 0 Å². The van der Waals surface area contributed by atoms with Crippen molar-refractivity contribution in [3.8, 4) is 5.75 Å². The minimum Gasteiger partial charge on any atom is -0.475 e. The monoisotopic (exact) mass is 309 g/mol. The number of alkyl halides is 3. The Bertz CT molecular complexity index is 450. The highest BCUT2D eigenvalue weighted by molar-refractivity contribution is 5.76. The van der Waals surface area contributed by atoms with Crippen LogP contribution in [0.2, 0.25) is 0 Å². The van der Waals surface area contributed by atoms with Gasteiger partial charge < -0.3 is 20.7 Å². The molecule has 0 bridgehead atoms. The van der Waals surface area contributed by atoms with E-state index >= 15 is 0 Å². The SMILES string of the molecule is NCCC(O)C(=O)Oc1ccccc1.O=C(O)C(F)(F)F. The molecule has 0 aliphatic rings. The third-order valence-electron chi connectivity index (χ3n) is 1.92. The number of hydrogen-bond acceptors (Lipinski definition) is 5. The lowest BCUT2D eigenvalue weighted by Crippen LogP contribution is -2.27. The molecule has 9 heteroatoms. The quantitative estimate of drug-likeness (QED) is 0.564. The van der Waals surface area contributed by atoms with Crippen molar-refractivity contribution >= 4 is 11.9 Å². The molecule has 0 fully saturated rings. The molecule has 0 spiro atoms. The molecular weight excluding hydrogens is 295 g/mol. The highest BCUT2D eigenvalue weighted by atomic mass is 19.4. The zero-order chi connectivity index (χ0) is 16.5. The molecule has 0 amide bonds. The molecule has 0 saturated carbocycles. The predicted molar refractivity (Wildman–Crippen MR) is 65.4 cm³/mol. The van der Waals surface area contributed by atoms with Gasteiger partial charge in [-0.25, -0.2) is 9.59 Å². The summed E-state index contributed by atoms with van der Waals surface area (Å²) in [5, 5.41) is 16.3. The van der Waals surface area contributed by atoms with E-state index in [9.17, 15) is 23.1 Å². The van der Waals surface area contributed by atoms with Crippen molar-refractivity contribution in [2.75, 3.05) is 6.54 Å². The summed E-state index contributed by atoms with van der Waals surface area (Å²) in [5.41, 5.74) is 5.19. The molecule has 1 unspecified atom stereocenters. The standard InChI is InChI=1S/C10H13NO3.C2HF3O2/c11-7-6-9(12)10(13)14-8-4-2-1-3-5-8;3-2(4,5)1(6)7/h1-5,9,12H,6-7,11H2;(H,6,7). The fourth-order valence-corrected chi connectivity index (χ4v) is 0.948. The second-order valence-corrected chi connectivity index (χ2v) is 3.63. The van der Waals surface area contributed by atoms with Gasteiger partial charge in [0, 0.05) is 0 Å². The van der Waals surface area contributed by atoms with Crippen LogP contribution in [0.1, 0.15) is 6.42 Å². The van der Waals surface area contributed by atoms with Crippen molar-refractivity contribution in [1.82, 2.24) is 0 Å². The number of rotatable bonds is 4. The number of aliphatic hydroxyl groups is 1. The summed E-state index contributed by atoms with van der Waals surface area (Å²) < 4.78 is 36.6. The maximum atomic E-state index is 11.2. The first-order valence-corrected chi connectivity index (χ1v) is 5.63. The number of nitrogens with two attached hydrogens (primary N) is 1. The van der Waals surface area contributed by atoms with Crippen LogP contribution in [0.4, 0.5) is 13.2 Å². The van der Waals surface area contributed by atoms with E-state index < -0.39 is 24.2 Å². The van der Waals surface area contributed by atoms with Crippen molar-refractivity contribution in [3.05, 3.63) is 30.3 Å². The van der Waals surface area contributed by atoms with E-state index in [1.54, 1.807) is 24.3 Å². The Morgan fingerprint density at radius 2 is 1.71 bits per heavy atom. The van der Waals surface area contributed by atoms with E-state index in [2.05, 4.69) is 0 Å². The third-order valence-corrected chi connectivity index (χ3v) is 1.92. The Hall–Kier alpha value is -2.13. The van der Waals surface area contributed by atoms with E-state index in [-0.39, 0.29) is 13.0 Å². The van der Waals surface area contributed by atoms with Gasteiger partial charge in [-0.15, -0.1) is 0 Å². The number of carboxylic acid groups (broad SMARTS) is 1. The average molecular weight is 309 g/mol. The molecule has 1 aromatic carbocycles. The average Bonchev–Trinajstić information content (AvgIpc) is 2.39. The number of halogens is 3. The van der Waals surface area contributed by atoms with E-state index in [0.717, 1.165) is 0 Å². The van der Waals surface area contributed by atoms with Crippen molar-refractivity contribution < 1.29 is 37.7 Å². The van der Waals surface area contributed by atoms with Crippen LogP contribution in [-0.4, -0.2) is 41.0 Å². The number of hydrogen-bond donors (Lipinski definition) is 3. The first-order valence-electron chi connectivity index (χ1n) is 5.63. The minimum atomic E-state index is -5.08. The van der Waals surface area contributed by atoms with E-state index in [1.807, 2.05) is 6.07 Å². The normalized spacial score (nSPS) is 11.9. The first-order chi connectivity index (χ1) is 9.68. The third kappa shape index (κ3) is 8.60. The van der Waals surface area contributed by atoms with Crippen molar-refractivity contribution in [2.24, 2.45) is 5.73 Å². The summed E-state index contributed by atoms with van der Waals surface area (Å²) in [6.07, 6.45) is -6.01. The number of ether oxygens (including phenoxy) is 1. The van der Waals surface area contributed by atoms with Gasteiger partial charge in [-0.1, -0.05) is 18.2 Å². The Morgan fingerprint density at radius 3 is 2.10 bits per heavy atom. The second kappa shape index (κ2) is 8.93. The van der Waals surface area contributed by atoms with Crippen LogP contribution in [0, 0.1) is 0 Å². The number of esters is 1. The number of carbonyl (C=O) groups is 2. The van der Waals surface area contributed by atoms with E-state index in [1.165, 1.54) is 0 Å². The number of aliphatic hydroxyl groups excluding tert-OH is 1. The molecule has 0 radical (unpaired) electrons. The van der Waals surface area contributed by atoms with Gasteiger partial charge >= 0.3 is 18.1 Å². The van der Waals surface area contributed by atoms with Crippen LogP contribution < -0.4 is 10.5 Å². The Morgan fingerprint density at radius 1 is 1.24 bits per heavy atom. The van der Waals surface area contributed by atoms with Crippen LogP contribution in [0.15, 0.2) is 30.3 Å². The Kier molecular flexibility index (Phi) is 8.02. The summed E-state index contributed by atoms with van der Waals surface area (Å²) in [6.45, 7) is 0.255. The van der Waals surface area contributed by atoms with Crippen molar-refractivity contribution in [3.63, 3.8) is 0 Å². The summed E-state index contributed by atoms with van der Waals surface area (Å²) in [6, 6.07) is 8.60. The summed E-state index contributed by atoms with van der Waals surface area (Å²) in [5.74, 6) is -3.00. The van der Waals surface area contributed by atoms with Gasteiger partial charge in [0.05, 0.1) is 0 Å². The maximum Gasteiger partial charge on any atom is 0.490 e. The molecule has 21 heavy (non-hydrogen) atoms. The summed E-state index contributed by atoms with van der Waals surface area (Å²) in [4.78, 5) is 20.1. The number of aliphatic carboxylic acids is 1. The van der Waals surface area contributed by atoms with Gasteiger partial charge in [0.15, 0.2) is 6.10 Å². The number of para-hydroxylation sites is 1. The first kappa shape index (κ1) is 18.9. The Labute approximate surface area is 117 Å². The van der Waals surface area contributed by atoms with Crippen LogP contribution in [-0.2, 0) is 9.59 Å². The molecule has 0 aliphatic heterocycles. The van der Waals surface area contributed by atoms with Gasteiger partial charge in [0.25, 0.3) is 0 Å². The number of carbonyl (C=O) groups excluding carboxylic acids is 1. The van der Waals surface area contributed by atoms with Crippen LogP contribution in [0.25, 0.3) is 0 Å². The number of carboxylic acids is 1.